The van der Waals surface area contributed by atoms with E-state index in [2.05, 4.69) is 6.92 Å². The van der Waals surface area contributed by atoms with Crippen molar-refractivity contribution in [1.82, 2.24) is 0 Å². The van der Waals surface area contributed by atoms with Gasteiger partial charge in [-0.2, -0.15) is 0 Å². The summed E-state index contributed by atoms with van der Waals surface area (Å²) in [6.07, 6.45) is 7.89. The summed E-state index contributed by atoms with van der Waals surface area (Å²) in [4.78, 5) is 22.0. The molecule has 1 aliphatic carbocycles. The summed E-state index contributed by atoms with van der Waals surface area (Å²) >= 11 is 0. The summed E-state index contributed by atoms with van der Waals surface area (Å²) in [6, 6.07) is 0. The van der Waals surface area contributed by atoms with Crippen LogP contribution in [0.5, 0.6) is 0 Å². The summed E-state index contributed by atoms with van der Waals surface area (Å²) in [5.74, 6) is -1.22. The number of hydrogen-bond donors (Lipinski definition) is 2. The molecule has 0 aromatic carbocycles. The lowest BCUT2D eigenvalue weighted by atomic mass is 9.71. The fraction of sp³-hybridized carbons (Fsp3) is 0.867. The lowest BCUT2D eigenvalue weighted by Crippen LogP contribution is -2.30. The largest absolute Gasteiger partial charge is 0.481 e. The standard InChI is InChI=1S/C15H26O4/c1-2-12(11-7-4-3-5-8-11)13(15(18)19)9-6-10-14(16)17/h11-13H,2-10H2,1H3,(H,16,17)(H,18,19). The Hall–Kier alpha value is -1.06. The average molecular weight is 270 g/mol. The van der Waals surface area contributed by atoms with E-state index >= 15 is 0 Å². The number of carboxylic acids is 2. The van der Waals surface area contributed by atoms with E-state index in [1.54, 1.807) is 0 Å². The van der Waals surface area contributed by atoms with E-state index in [-0.39, 0.29) is 18.3 Å². The molecule has 110 valence electrons. The number of carbonyl (C=O) groups is 2. The SMILES string of the molecule is CCC(C1CCCCC1)C(CCCC(=O)O)C(=O)O. The van der Waals surface area contributed by atoms with Gasteiger partial charge < -0.3 is 10.2 Å². The van der Waals surface area contributed by atoms with E-state index in [4.69, 9.17) is 5.11 Å². The van der Waals surface area contributed by atoms with Crippen LogP contribution in [0.4, 0.5) is 0 Å². The normalized spacial score (nSPS) is 19.8. The molecule has 1 saturated carbocycles. The Morgan fingerprint density at radius 2 is 1.79 bits per heavy atom. The molecule has 1 aliphatic rings. The van der Waals surface area contributed by atoms with Crippen LogP contribution < -0.4 is 0 Å². The smallest absolute Gasteiger partial charge is 0.306 e. The summed E-state index contributed by atoms with van der Waals surface area (Å²) < 4.78 is 0. The second kappa shape index (κ2) is 8.18. The highest BCUT2D eigenvalue weighted by molar-refractivity contribution is 5.70. The van der Waals surface area contributed by atoms with E-state index in [1.165, 1.54) is 19.3 Å². The topological polar surface area (TPSA) is 74.6 Å². The molecule has 2 atom stereocenters. The van der Waals surface area contributed by atoms with Crippen molar-refractivity contribution in [2.24, 2.45) is 17.8 Å². The van der Waals surface area contributed by atoms with Gasteiger partial charge in [0.1, 0.15) is 0 Å². The van der Waals surface area contributed by atoms with Crippen molar-refractivity contribution in [3.63, 3.8) is 0 Å². The molecule has 4 heteroatoms. The predicted molar refractivity (Wildman–Crippen MR) is 73.0 cm³/mol. The second-order valence-corrected chi connectivity index (χ2v) is 5.70. The minimum atomic E-state index is -0.838. The third kappa shape index (κ3) is 5.21. The Kier molecular flexibility index (Phi) is 6.89. The molecular formula is C15H26O4. The maximum absolute atomic E-state index is 11.5. The first-order valence-corrected chi connectivity index (χ1v) is 7.50. The molecule has 2 unspecified atom stereocenters. The quantitative estimate of drug-likeness (QED) is 0.707. The van der Waals surface area contributed by atoms with Gasteiger partial charge in [0.25, 0.3) is 0 Å². The molecular weight excluding hydrogens is 244 g/mol. The van der Waals surface area contributed by atoms with E-state index in [9.17, 15) is 14.7 Å². The first kappa shape index (κ1) is 16.0. The van der Waals surface area contributed by atoms with Crippen molar-refractivity contribution in [3.05, 3.63) is 0 Å². The Labute approximate surface area is 115 Å². The third-order valence-electron chi connectivity index (χ3n) is 4.47. The highest BCUT2D eigenvalue weighted by Crippen LogP contribution is 2.37. The monoisotopic (exact) mass is 270 g/mol. The predicted octanol–water partition coefficient (Wildman–Crippen LogP) is 3.55. The molecule has 0 aliphatic heterocycles. The first-order chi connectivity index (χ1) is 9.06. The summed E-state index contributed by atoms with van der Waals surface area (Å²) in [5, 5.41) is 18.1. The lowest BCUT2D eigenvalue weighted by molar-refractivity contribution is -0.146. The zero-order chi connectivity index (χ0) is 14.3. The lowest BCUT2D eigenvalue weighted by Gasteiger charge is -2.33. The molecule has 19 heavy (non-hydrogen) atoms. The molecule has 0 saturated heterocycles. The van der Waals surface area contributed by atoms with Gasteiger partial charge in [-0.25, -0.2) is 0 Å². The van der Waals surface area contributed by atoms with Gasteiger partial charge in [0.15, 0.2) is 0 Å². The van der Waals surface area contributed by atoms with E-state index < -0.39 is 11.9 Å². The minimum Gasteiger partial charge on any atom is -0.481 e. The van der Waals surface area contributed by atoms with E-state index in [0.717, 1.165) is 19.3 Å². The Morgan fingerprint density at radius 3 is 2.26 bits per heavy atom. The Bertz CT molecular complexity index is 295. The molecule has 0 amide bonds. The van der Waals surface area contributed by atoms with Crippen molar-refractivity contribution in [1.29, 1.82) is 0 Å². The number of aliphatic carboxylic acids is 2. The molecule has 2 N–H and O–H groups in total. The Balaban J connectivity index is 2.59. The van der Waals surface area contributed by atoms with E-state index in [0.29, 0.717) is 18.8 Å². The molecule has 0 aromatic rings. The first-order valence-electron chi connectivity index (χ1n) is 7.50. The van der Waals surface area contributed by atoms with Gasteiger partial charge in [0.05, 0.1) is 5.92 Å². The molecule has 1 fully saturated rings. The van der Waals surface area contributed by atoms with Gasteiger partial charge in [-0.05, 0) is 24.7 Å². The van der Waals surface area contributed by atoms with Crippen molar-refractivity contribution < 1.29 is 19.8 Å². The number of rotatable bonds is 8. The van der Waals surface area contributed by atoms with Crippen LogP contribution in [0.1, 0.15) is 64.7 Å². The fourth-order valence-electron chi connectivity index (χ4n) is 3.50. The zero-order valence-electron chi connectivity index (χ0n) is 11.8. The number of hydrogen-bond acceptors (Lipinski definition) is 2. The number of carboxylic acid groups (broad SMARTS) is 2. The van der Waals surface area contributed by atoms with Gasteiger partial charge >= 0.3 is 11.9 Å². The molecule has 0 bridgehead atoms. The molecule has 0 heterocycles. The van der Waals surface area contributed by atoms with Gasteiger partial charge in [0.2, 0.25) is 0 Å². The van der Waals surface area contributed by atoms with Crippen molar-refractivity contribution in [3.8, 4) is 0 Å². The van der Waals surface area contributed by atoms with Crippen molar-refractivity contribution >= 4 is 11.9 Å². The highest BCUT2D eigenvalue weighted by Gasteiger charge is 2.33. The molecule has 0 spiro atoms. The van der Waals surface area contributed by atoms with Crippen LogP contribution in [0.3, 0.4) is 0 Å². The van der Waals surface area contributed by atoms with Crippen LogP contribution >= 0.6 is 0 Å². The Morgan fingerprint density at radius 1 is 1.16 bits per heavy atom. The molecule has 0 radical (unpaired) electrons. The van der Waals surface area contributed by atoms with Crippen LogP contribution in [0.15, 0.2) is 0 Å². The molecule has 4 nitrogen and oxygen atoms in total. The van der Waals surface area contributed by atoms with Crippen LogP contribution in [0.25, 0.3) is 0 Å². The minimum absolute atomic E-state index is 0.0743. The highest BCUT2D eigenvalue weighted by atomic mass is 16.4. The van der Waals surface area contributed by atoms with Gasteiger partial charge in [0, 0.05) is 6.42 Å². The second-order valence-electron chi connectivity index (χ2n) is 5.70. The summed E-state index contributed by atoms with van der Waals surface area (Å²) in [7, 11) is 0. The van der Waals surface area contributed by atoms with Crippen molar-refractivity contribution in [2.45, 2.75) is 64.7 Å². The molecule has 0 aromatic heterocycles. The third-order valence-corrected chi connectivity index (χ3v) is 4.47. The summed E-state index contributed by atoms with van der Waals surface area (Å²) in [5.41, 5.74) is 0. The zero-order valence-corrected chi connectivity index (χ0v) is 11.8. The van der Waals surface area contributed by atoms with Crippen LogP contribution in [-0.4, -0.2) is 22.2 Å². The van der Waals surface area contributed by atoms with Gasteiger partial charge in [-0.1, -0.05) is 45.4 Å². The van der Waals surface area contributed by atoms with Gasteiger partial charge in [-0.15, -0.1) is 0 Å². The molecule has 1 rings (SSSR count). The van der Waals surface area contributed by atoms with Crippen LogP contribution in [0.2, 0.25) is 0 Å². The van der Waals surface area contributed by atoms with Gasteiger partial charge in [-0.3, -0.25) is 9.59 Å². The maximum atomic E-state index is 11.5. The fourth-order valence-corrected chi connectivity index (χ4v) is 3.50. The van der Waals surface area contributed by atoms with Crippen LogP contribution in [-0.2, 0) is 9.59 Å². The van der Waals surface area contributed by atoms with E-state index in [1.807, 2.05) is 0 Å². The van der Waals surface area contributed by atoms with Crippen molar-refractivity contribution in [2.75, 3.05) is 0 Å². The average Bonchev–Trinajstić information content (AvgIpc) is 2.38. The maximum Gasteiger partial charge on any atom is 0.306 e. The van der Waals surface area contributed by atoms with Crippen LogP contribution in [0, 0.1) is 17.8 Å². The summed E-state index contributed by atoms with van der Waals surface area (Å²) in [6.45, 7) is 2.06.